The molecule has 0 atom stereocenters. The Hall–Kier alpha value is -1.52. The molecule has 1 amide bonds. The number of ether oxygens (including phenoxy) is 1. The highest BCUT2D eigenvalue weighted by Gasteiger charge is 2.16. The lowest BCUT2D eigenvalue weighted by atomic mass is 10.2. The molecule has 1 heterocycles. The van der Waals surface area contributed by atoms with Crippen LogP contribution in [0.2, 0.25) is 0 Å². The summed E-state index contributed by atoms with van der Waals surface area (Å²) >= 11 is 0. The fourth-order valence-corrected chi connectivity index (χ4v) is 0.688. The number of amides is 1. The number of hydrogen-bond acceptors (Lipinski definition) is 4. The molecule has 72 valence electrons. The van der Waals surface area contributed by atoms with Gasteiger partial charge >= 0.3 is 6.09 Å². The largest absolute Gasteiger partial charge is 0.444 e. The second-order valence-electron chi connectivity index (χ2n) is 3.54. The number of carbonyl (C=O) groups is 1. The standard InChI is InChI=1S/C8H12N2O3/c1-8(2,3)13-7(11)10-6-4-9-12-5-6/h4-5H,1-3H3,(H,10,11). The van der Waals surface area contributed by atoms with Crippen molar-refractivity contribution >= 4 is 11.8 Å². The average Bonchev–Trinajstić information content (AvgIpc) is 2.34. The van der Waals surface area contributed by atoms with Crippen LogP contribution in [-0.4, -0.2) is 16.9 Å². The highest BCUT2D eigenvalue weighted by Crippen LogP contribution is 2.10. The molecule has 0 aromatic carbocycles. The summed E-state index contributed by atoms with van der Waals surface area (Å²) in [4.78, 5) is 11.1. The summed E-state index contributed by atoms with van der Waals surface area (Å²) in [6.45, 7) is 5.38. The first kappa shape index (κ1) is 9.57. The number of nitrogens with zero attached hydrogens (tertiary/aromatic N) is 1. The van der Waals surface area contributed by atoms with Crippen molar-refractivity contribution in [2.75, 3.05) is 5.32 Å². The van der Waals surface area contributed by atoms with Crippen molar-refractivity contribution in [3.63, 3.8) is 0 Å². The van der Waals surface area contributed by atoms with Crippen LogP contribution in [0.25, 0.3) is 0 Å². The van der Waals surface area contributed by atoms with Gasteiger partial charge < -0.3 is 9.26 Å². The van der Waals surface area contributed by atoms with Crippen LogP contribution in [0.1, 0.15) is 20.8 Å². The van der Waals surface area contributed by atoms with E-state index in [1.807, 2.05) is 0 Å². The molecule has 0 aliphatic heterocycles. The minimum absolute atomic E-state index is 0.481. The molecule has 0 fully saturated rings. The number of carbonyl (C=O) groups excluding carboxylic acids is 1. The Kier molecular flexibility index (Phi) is 2.55. The van der Waals surface area contributed by atoms with Crippen LogP contribution in [0, 0.1) is 0 Å². The van der Waals surface area contributed by atoms with Crippen LogP contribution < -0.4 is 5.32 Å². The maximum absolute atomic E-state index is 11.1. The SMILES string of the molecule is CC(C)(C)OC(=O)Nc1cnoc1. The third kappa shape index (κ3) is 3.59. The van der Waals surface area contributed by atoms with Gasteiger partial charge in [-0.15, -0.1) is 0 Å². The quantitative estimate of drug-likeness (QED) is 0.725. The van der Waals surface area contributed by atoms with Gasteiger partial charge in [-0.25, -0.2) is 4.79 Å². The zero-order valence-corrected chi connectivity index (χ0v) is 7.83. The predicted octanol–water partition coefficient (Wildman–Crippen LogP) is 2.02. The summed E-state index contributed by atoms with van der Waals surface area (Å²) in [7, 11) is 0. The van der Waals surface area contributed by atoms with Crippen molar-refractivity contribution in [3.05, 3.63) is 12.5 Å². The highest BCUT2D eigenvalue weighted by atomic mass is 16.6. The van der Waals surface area contributed by atoms with Gasteiger partial charge in [0.1, 0.15) is 17.6 Å². The third-order valence-corrected chi connectivity index (χ3v) is 1.08. The van der Waals surface area contributed by atoms with E-state index in [2.05, 4.69) is 15.0 Å². The summed E-state index contributed by atoms with van der Waals surface area (Å²) in [5, 5.41) is 5.89. The molecule has 0 spiro atoms. The number of hydrogen-bond donors (Lipinski definition) is 1. The van der Waals surface area contributed by atoms with E-state index in [4.69, 9.17) is 4.74 Å². The van der Waals surface area contributed by atoms with Gasteiger partial charge in [0.15, 0.2) is 0 Å². The van der Waals surface area contributed by atoms with E-state index < -0.39 is 11.7 Å². The van der Waals surface area contributed by atoms with Crippen LogP contribution in [0.5, 0.6) is 0 Å². The molecule has 1 aromatic rings. The van der Waals surface area contributed by atoms with E-state index in [0.29, 0.717) is 5.69 Å². The van der Waals surface area contributed by atoms with E-state index in [1.54, 1.807) is 20.8 Å². The topological polar surface area (TPSA) is 64.4 Å². The lowest BCUT2D eigenvalue weighted by molar-refractivity contribution is 0.0636. The molecule has 5 heteroatoms. The van der Waals surface area contributed by atoms with Crippen molar-refractivity contribution < 1.29 is 14.1 Å². The molecular weight excluding hydrogens is 172 g/mol. The normalized spacial score (nSPS) is 11.0. The second-order valence-corrected chi connectivity index (χ2v) is 3.54. The molecular formula is C8H12N2O3. The number of nitrogens with one attached hydrogen (secondary N) is 1. The summed E-state index contributed by atoms with van der Waals surface area (Å²) in [6, 6.07) is 0. The summed E-state index contributed by atoms with van der Waals surface area (Å²) < 4.78 is 9.52. The Balaban J connectivity index is 2.43. The Morgan fingerprint density at radius 2 is 2.31 bits per heavy atom. The molecule has 0 aliphatic rings. The zero-order valence-electron chi connectivity index (χ0n) is 7.83. The Labute approximate surface area is 76.0 Å². The maximum Gasteiger partial charge on any atom is 0.412 e. The van der Waals surface area contributed by atoms with Crippen LogP contribution >= 0.6 is 0 Å². The second kappa shape index (κ2) is 3.47. The van der Waals surface area contributed by atoms with Gasteiger partial charge in [0.05, 0.1) is 6.20 Å². The monoisotopic (exact) mass is 184 g/mol. The first-order chi connectivity index (χ1) is 5.97. The minimum Gasteiger partial charge on any atom is -0.444 e. The maximum atomic E-state index is 11.1. The molecule has 1 N–H and O–H groups in total. The van der Waals surface area contributed by atoms with Crippen LogP contribution in [-0.2, 0) is 4.74 Å². The number of anilines is 1. The fourth-order valence-electron chi connectivity index (χ4n) is 0.688. The molecule has 1 aromatic heterocycles. The molecule has 0 saturated carbocycles. The van der Waals surface area contributed by atoms with Crippen LogP contribution in [0.15, 0.2) is 17.0 Å². The highest BCUT2D eigenvalue weighted by molar-refractivity contribution is 5.84. The molecule has 0 saturated heterocycles. The van der Waals surface area contributed by atoms with Gasteiger partial charge in [-0.05, 0) is 20.8 Å². The van der Waals surface area contributed by atoms with Crippen molar-refractivity contribution in [3.8, 4) is 0 Å². The van der Waals surface area contributed by atoms with Crippen molar-refractivity contribution in [1.29, 1.82) is 0 Å². The van der Waals surface area contributed by atoms with Crippen molar-refractivity contribution in [2.45, 2.75) is 26.4 Å². The summed E-state index contributed by atoms with van der Waals surface area (Å²) in [6.07, 6.45) is 2.20. The number of rotatable bonds is 1. The van der Waals surface area contributed by atoms with Gasteiger partial charge in [-0.1, -0.05) is 5.16 Å². The molecule has 5 nitrogen and oxygen atoms in total. The molecule has 0 aliphatic carbocycles. The number of aromatic nitrogens is 1. The van der Waals surface area contributed by atoms with Crippen LogP contribution in [0.3, 0.4) is 0 Å². The van der Waals surface area contributed by atoms with E-state index in [1.165, 1.54) is 12.5 Å². The minimum atomic E-state index is -0.518. The smallest absolute Gasteiger partial charge is 0.412 e. The molecule has 0 bridgehead atoms. The van der Waals surface area contributed by atoms with E-state index in [9.17, 15) is 4.79 Å². The van der Waals surface area contributed by atoms with Crippen molar-refractivity contribution in [1.82, 2.24) is 5.16 Å². The van der Waals surface area contributed by atoms with E-state index in [0.717, 1.165) is 0 Å². The van der Waals surface area contributed by atoms with Gasteiger partial charge in [0.25, 0.3) is 0 Å². The van der Waals surface area contributed by atoms with Gasteiger partial charge in [0.2, 0.25) is 0 Å². The first-order valence-corrected chi connectivity index (χ1v) is 3.87. The molecule has 0 radical (unpaired) electrons. The Morgan fingerprint density at radius 3 is 2.77 bits per heavy atom. The van der Waals surface area contributed by atoms with Gasteiger partial charge in [-0.3, -0.25) is 5.32 Å². The van der Waals surface area contributed by atoms with E-state index in [-0.39, 0.29) is 0 Å². The van der Waals surface area contributed by atoms with Crippen LogP contribution in [0.4, 0.5) is 10.5 Å². The zero-order chi connectivity index (χ0) is 9.90. The Bertz CT molecular complexity index is 274. The lowest BCUT2D eigenvalue weighted by Gasteiger charge is -2.18. The average molecular weight is 184 g/mol. The van der Waals surface area contributed by atoms with E-state index >= 15 is 0 Å². The molecule has 1 rings (SSSR count). The predicted molar refractivity (Wildman–Crippen MR) is 46.4 cm³/mol. The third-order valence-electron chi connectivity index (χ3n) is 1.08. The van der Waals surface area contributed by atoms with Gasteiger partial charge in [0, 0.05) is 0 Å². The first-order valence-electron chi connectivity index (χ1n) is 3.87. The fraction of sp³-hybridized carbons (Fsp3) is 0.500. The summed E-state index contributed by atoms with van der Waals surface area (Å²) in [5.74, 6) is 0. The summed E-state index contributed by atoms with van der Waals surface area (Å²) in [5.41, 5.74) is -0.0180. The van der Waals surface area contributed by atoms with Crippen molar-refractivity contribution in [2.24, 2.45) is 0 Å². The van der Waals surface area contributed by atoms with Gasteiger partial charge in [-0.2, -0.15) is 0 Å². The molecule has 13 heavy (non-hydrogen) atoms. The Morgan fingerprint density at radius 1 is 1.62 bits per heavy atom. The molecule has 0 unspecified atom stereocenters. The lowest BCUT2D eigenvalue weighted by Crippen LogP contribution is -2.27.